The van der Waals surface area contributed by atoms with E-state index in [-0.39, 0.29) is 0 Å². The Hall–Kier alpha value is -1.06. The molecule has 1 heterocycles. The molecule has 1 unspecified atom stereocenters. The second kappa shape index (κ2) is 5.62. The van der Waals surface area contributed by atoms with Crippen molar-refractivity contribution in [1.82, 2.24) is 5.32 Å². The van der Waals surface area contributed by atoms with Gasteiger partial charge in [-0.25, -0.2) is 0 Å². The molecule has 0 aromatic heterocycles. The first-order valence-corrected chi connectivity index (χ1v) is 8.40. The first-order chi connectivity index (χ1) is 9.93. The normalized spacial score (nSPS) is 20.0. The van der Waals surface area contributed by atoms with Crippen LogP contribution in [0.5, 0.6) is 0 Å². The fourth-order valence-electron chi connectivity index (χ4n) is 2.97. The van der Waals surface area contributed by atoms with Crippen molar-refractivity contribution in [3.05, 3.63) is 40.9 Å². The van der Waals surface area contributed by atoms with Gasteiger partial charge in [0, 0.05) is 35.8 Å². The Labute approximate surface area is 135 Å². The van der Waals surface area contributed by atoms with E-state index in [1.54, 1.807) is 0 Å². The minimum atomic E-state index is 0.292. The van der Waals surface area contributed by atoms with Crippen LogP contribution >= 0.6 is 15.9 Å². The molecule has 0 amide bonds. The summed E-state index contributed by atoms with van der Waals surface area (Å²) in [5.41, 5.74) is 1.63. The first-order valence-electron chi connectivity index (χ1n) is 7.61. The maximum absolute atomic E-state index is 3.66. The van der Waals surface area contributed by atoms with Gasteiger partial charge in [0.05, 0.1) is 0 Å². The number of rotatable bonds is 1. The van der Waals surface area contributed by atoms with E-state index >= 15 is 0 Å². The molecule has 2 nitrogen and oxygen atoms in total. The highest BCUT2D eigenvalue weighted by molar-refractivity contribution is 9.10. The van der Waals surface area contributed by atoms with Crippen molar-refractivity contribution in [3.8, 4) is 0 Å². The Balaban J connectivity index is 1.88. The topological polar surface area (TPSA) is 15.3 Å². The zero-order valence-corrected chi connectivity index (χ0v) is 14.6. The van der Waals surface area contributed by atoms with E-state index in [0.717, 1.165) is 24.1 Å². The summed E-state index contributed by atoms with van der Waals surface area (Å²) < 4.78 is 1.14. The third kappa shape index (κ3) is 3.24. The van der Waals surface area contributed by atoms with Gasteiger partial charge in [-0.1, -0.05) is 48.8 Å². The van der Waals surface area contributed by atoms with Gasteiger partial charge in [0.25, 0.3) is 0 Å². The molecule has 0 radical (unpaired) electrons. The number of nitrogens with one attached hydrogen (secondary N) is 1. The van der Waals surface area contributed by atoms with Crippen LogP contribution in [-0.4, -0.2) is 25.7 Å². The van der Waals surface area contributed by atoms with Crippen molar-refractivity contribution in [1.29, 1.82) is 0 Å². The third-order valence-electron chi connectivity index (χ3n) is 4.37. The predicted octanol–water partition coefficient (Wildman–Crippen LogP) is 4.43. The van der Waals surface area contributed by atoms with E-state index in [2.05, 4.69) is 83.3 Å². The molecule has 1 aliphatic rings. The van der Waals surface area contributed by atoms with Gasteiger partial charge in [-0.2, -0.15) is 0 Å². The SMILES string of the molecule is CC(C)(C)C1CN(c2ccc3cc(Br)ccc3c2)CCN1. The summed E-state index contributed by atoms with van der Waals surface area (Å²) in [5.74, 6) is 0. The molecular formula is C18H23BrN2. The van der Waals surface area contributed by atoms with Gasteiger partial charge in [0.15, 0.2) is 0 Å². The summed E-state index contributed by atoms with van der Waals surface area (Å²) in [6, 6.07) is 13.8. The lowest BCUT2D eigenvalue weighted by Gasteiger charge is -2.41. The van der Waals surface area contributed by atoms with Crippen molar-refractivity contribution in [2.75, 3.05) is 24.5 Å². The molecule has 1 saturated heterocycles. The number of hydrogen-bond donors (Lipinski definition) is 1. The van der Waals surface area contributed by atoms with Gasteiger partial charge >= 0.3 is 0 Å². The quantitative estimate of drug-likeness (QED) is 0.821. The molecular weight excluding hydrogens is 324 g/mol. The van der Waals surface area contributed by atoms with Crippen molar-refractivity contribution in [2.45, 2.75) is 26.8 Å². The zero-order chi connectivity index (χ0) is 15.0. The van der Waals surface area contributed by atoms with Gasteiger partial charge < -0.3 is 10.2 Å². The summed E-state index contributed by atoms with van der Waals surface area (Å²) in [7, 11) is 0. The number of piperazine rings is 1. The Kier molecular flexibility index (Phi) is 3.98. The van der Waals surface area contributed by atoms with Crippen LogP contribution in [0.25, 0.3) is 10.8 Å². The monoisotopic (exact) mass is 346 g/mol. The number of nitrogens with zero attached hydrogens (tertiary/aromatic N) is 1. The van der Waals surface area contributed by atoms with Crippen molar-refractivity contribution in [2.24, 2.45) is 5.41 Å². The third-order valence-corrected chi connectivity index (χ3v) is 4.87. The molecule has 1 fully saturated rings. The van der Waals surface area contributed by atoms with E-state index in [4.69, 9.17) is 0 Å². The van der Waals surface area contributed by atoms with E-state index in [1.165, 1.54) is 16.5 Å². The van der Waals surface area contributed by atoms with Gasteiger partial charge in [-0.05, 0) is 40.5 Å². The van der Waals surface area contributed by atoms with Crippen LogP contribution in [0.3, 0.4) is 0 Å². The van der Waals surface area contributed by atoms with Crippen LogP contribution in [0, 0.1) is 5.41 Å². The second-order valence-electron chi connectivity index (χ2n) is 6.99. The Morgan fingerprint density at radius 1 is 1.10 bits per heavy atom. The number of fused-ring (bicyclic) bond motifs is 1. The van der Waals surface area contributed by atoms with Crippen molar-refractivity contribution >= 4 is 32.4 Å². The van der Waals surface area contributed by atoms with Gasteiger partial charge in [-0.3, -0.25) is 0 Å². The molecule has 0 aliphatic carbocycles. The van der Waals surface area contributed by atoms with Gasteiger partial charge in [0.1, 0.15) is 0 Å². The molecule has 2 aromatic carbocycles. The van der Waals surface area contributed by atoms with Crippen molar-refractivity contribution < 1.29 is 0 Å². The Morgan fingerprint density at radius 2 is 1.81 bits per heavy atom. The molecule has 21 heavy (non-hydrogen) atoms. The van der Waals surface area contributed by atoms with E-state index in [0.29, 0.717) is 11.5 Å². The highest BCUT2D eigenvalue weighted by Gasteiger charge is 2.29. The average Bonchev–Trinajstić information content (AvgIpc) is 2.46. The minimum absolute atomic E-state index is 0.292. The Bertz CT molecular complexity index is 645. The van der Waals surface area contributed by atoms with Crippen LogP contribution in [-0.2, 0) is 0 Å². The van der Waals surface area contributed by atoms with Crippen LogP contribution in [0.1, 0.15) is 20.8 Å². The lowest BCUT2D eigenvalue weighted by atomic mass is 9.85. The maximum atomic E-state index is 3.66. The number of halogens is 1. The van der Waals surface area contributed by atoms with Crippen LogP contribution in [0.4, 0.5) is 5.69 Å². The molecule has 1 atom stereocenters. The van der Waals surface area contributed by atoms with Crippen molar-refractivity contribution in [3.63, 3.8) is 0 Å². The molecule has 0 bridgehead atoms. The first kappa shape index (κ1) is 14.9. The van der Waals surface area contributed by atoms with E-state index < -0.39 is 0 Å². The number of hydrogen-bond acceptors (Lipinski definition) is 2. The molecule has 2 aromatic rings. The molecule has 112 valence electrons. The lowest BCUT2D eigenvalue weighted by molar-refractivity contribution is 0.254. The molecule has 0 spiro atoms. The summed E-state index contributed by atoms with van der Waals surface area (Å²) in [4.78, 5) is 2.51. The molecule has 0 saturated carbocycles. The average molecular weight is 347 g/mol. The maximum Gasteiger partial charge on any atom is 0.0373 e. The molecule has 3 rings (SSSR count). The standard InChI is InChI=1S/C18H23BrN2/c1-18(2,3)17-12-21(9-8-20-17)16-7-5-13-10-15(19)6-4-14(13)11-16/h4-7,10-11,17,20H,8-9,12H2,1-3H3. The van der Waals surface area contributed by atoms with Crippen LogP contribution < -0.4 is 10.2 Å². The molecule has 1 N–H and O–H groups in total. The highest BCUT2D eigenvalue weighted by Crippen LogP contribution is 2.28. The van der Waals surface area contributed by atoms with Gasteiger partial charge in [0.2, 0.25) is 0 Å². The Morgan fingerprint density at radius 3 is 2.57 bits per heavy atom. The van der Waals surface area contributed by atoms with Gasteiger partial charge in [-0.15, -0.1) is 0 Å². The lowest BCUT2D eigenvalue weighted by Crippen LogP contribution is -2.56. The number of anilines is 1. The smallest absolute Gasteiger partial charge is 0.0373 e. The predicted molar refractivity (Wildman–Crippen MR) is 95.1 cm³/mol. The highest BCUT2D eigenvalue weighted by atomic mass is 79.9. The summed E-state index contributed by atoms with van der Waals surface area (Å²) in [6.07, 6.45) is 0. The fraction of sp³-hybridized carbons (Fsp3) is 0.444. The van der Waals surface area contributed by atoms with Crippen LogP contribution in [0.15, 0.2) is 40.9 Å². The summed E-state index contributed by atoms with van der Waals surface area (Å²) in [5, 5.41) is 6.25. The van der Waals surface area contributed by atoms with Crippen LogP contribution in [0.2, 0.25) is 0 Å². The zero-order valence-electron chi connectivity index (χ0n) is 13.0. The van der Waals surface area contributed by atoms with E-state index in [9.17, 15) is 0 Å². The number of benzene rings is 2. The minimum Gasteiger partial charge on any atom is -0.369 e. The second-order valence-corrected chi connectivity index (χ2v) is 7.91. The fourth-order valence-corrected chi connectivity index (χ4v) is 3.34. The summed E-state index contributed by atoms with van der Waals surface area (Å²) in [6.45, 7) is 10.1. The molecule has 3 heteroatoms. The molecule has 1 aliphatic heterocycles. The summed E-state index contributed by atoms with van der Waals surface area (Å²) >= 11 is 3.54. The largest absolute Gasteiger partial charge is 0.369 e. The van der Waals surface area contributed by atoms with E-state index in [1.807, 2.05) is 0 Å².